The SMILES string of the molecule is CCSc1ccc(C(=O)Nc2cccc(-c3ccn[nH]3)c2)cn1. The van der Waals surface area contributed by atoms with E-state index in [4.69, 9.17) is 0 Å². The number of nitrogens with zero attached hydrogens (tertiary/aromatic N) is 2. The first-order valence-corrected chi connectivity index (χ1v) is 8.25. The zero-order valence-corrected chi connectivity index (χ0v) is 13.4. The fourth-order valence-corrected chi connectivity index (χ4v) is 2.72. The van der Waals surface area contributed by atoms with Gasteiger partial charge < -0.3 is 5.32 Å². The number of benzene rings is 1. The lowest BCUT2D eigenvalue weighted by molar-refractivity contribution is 0.102. The van der Waals surface area contributed by atoms with Crippen molar-refractivity contribution in [3.8, 4) is 11.3 Å². The number of H-pyrrole nitrogens is 1. The minimum Gasteiger partial charge on any atom is -0.322 e. The van der Waals surface area contributed by atoms with E-state index < -0.39 is 0 Å². The molecule has 2 N–H and O–H groups in total. The van der Waals surface area contributed by atoms with Gasteiger partial charge in [-0.25, -0.2) is 4.98 Å². The summed E-state index contributed by atoms with van der Waals surface area (Å²) in [5.74, 6) is 0.783. The van der Waals surface area contributed by atoms with Crippen molar-refractivity contribution in [1.29, 1.82) is 0 Å². The average Bonchev–Trinajstić information content (AvgIpc) is 3.11. The van der Waals surface area contributed by atoms with Crippen molar-refractivity contribution < 1.29 is 4.79 Å². The smallest absolute Gasteiger partial charge is 0.257 e. The average molecular weight is 324 g/mol. The lowest BCUT2D eigenvalue weighted by Crippen LogP contribution is -2.12. The molecule has 1 amide bonds. The van der Waals surface area contributed by atoms with Crippen LogP contribution in [0.25, 0.3) is 11.3 Å². The number of rotatable bonds is 5. The Kier molecular flexibility index (Phi) is 4.73. The summed E-state index contributed by atoms with van der Waals surface area (Å²) >= 11 is 1.65. The van der Waals surface area contributed by atoms with E-state index in [0.717, 1.165) is 27.7 Å². The largest absolute Gasteiger partial charge is 0.322 e. The Morgan fingerprint density at radius 2 is 2.17 bits per heavy atom. The van der Waals surface area contributed by atoms with Gasteiger partial charge in [-0.1, -0.05) is 19.1 Å². The monoisotopic (exact) mass is 324 g/mol. The number of pyridine rings is 1. The molecule has 2 aromatic heterocycles. The molecule has 23 heavy (non-hydrogen) atoms. The van der Waals surface area contributed by atoms with Crippen LogP contribution in [-0.4, -0.2) is 26.8 Å². The minimum absolute atomic E-state index is 0.174. The molecule has 1 aromatic carbocycles. The number of aromatic amines is 1. The normalized spacial score (nSPS) is 10.5. The van der Waals surface area contributed by atoms with E-state index in [9.17, 15) is 4.79 Å². The summed E-state index contributed by atoms with van der Waals surface area (Å²) in [6.45, 7) is 2.07. The minimum atomic E-state index is -0.174. The molecule has 0 spiro atoms. The van der Waals surface area contributed by atoms with Gasteiger partial charge >= 0.3 is 0 Å². The third-order valence-electron chi connectivity index (χ3n) is 3.22. The van der Waals surface area contributed by atoms with Crippen molar-refractivity contribution in [2.24, 2.45) is 0 Å². The van der Waals surface area contributed by atoms with Gasteiger partial charge in [0.15, 0.2) is 0 Å². The molecule has 0 fully saturated rings. The first-order valence-electron chi connectivity index (χ1n) is 7.26. The number of aromatic nitrogens is 3. The Morgan fingerprint density at radius 1 is 1.26 bits per heavy atom. The van der Waals surface area contributed by atoms with Crippen LogP contribution < -0.4 is 5.32 Å². The molecule has 0 radical (unpaired) electrons. The fourth-order valence-electron chi connectivity index (χ4n) is 2.13. The number of carbonyl (C=O) groups is 1. The molecule has 2 heterocycles. The van der Waals surface area contributed by atoms with Crippen LogP contribution in [0, 0.1) is 0 Å². The van der Waals surface area contributed by atoms with Crippen molar-refractivity contribution in [1.82, 2.24) is 15.2 Å². The Bertz CT molecular complexity index is 785. The maximum absolute atomic E-state index is 12.3. The van der Waals surface area contributed by atoms with Crippen molar-refractivity contribution in [2.75, 3.05) is 11.1 Å². The number of amides is 1. The van der Waals surface area contributed by atoms with Crippen LogP contribution in [-0.2, 0) is 0 Å². The van der Waals surface area contributed by atoms with Gasteiger partial charge in [0.25, 0.3) is 5.91 Å². The maximum atomic E-state index is 12.3. The number of thioether (sulfide) groups is 1. The molecule has 5 nitrogen and oxygen atoms in total. The number of hydrogen-bond donors (Lipinski definition) is 2. The van der Waals surface area contributed by atoms with E-state index in [1.54, 1.807) is 30.2 Å². The molecule has 116 valence electrons. The Hall–Kier alpha value is -2.60. The van der Waals surface area contributed by atoms with E-state index in [-0.39, 0.29) is 5.91 Å². The fraction of sp³-hybridized carbons (Fsp3) is 0.118. The zero-order chi connectivity index (χ0) is 16.1. The Morgan fingerprint density at radius 3 is 2.87 bits per heavy atom. The van der Waals surface area contributed by atoms with Crippen molar-refractivity contribution >= 4 is 23.4 Å². The molecular weight excluding hydrogens is 308 g/mol. The highest BCUT2D eigenvalue weighted by atomic mass is 32.2. The summed E-state index contributed by atoms with van der Waals surface area (Å²) in [5.41, 5.74) is 3.14. The van der Waals surface area contributed by atoms with E-state index in [2.05, 4.69) is 27.4 Å². The van der Waals surface area contributed by atoms with Gasteiger partial charge in [0.1, 0.15) is 0 Å². The molecule has 0 aliphatic heterocycles. The predicted molar refractivity (Wildman–Crippen MR) is 92.6 cm³/mol. The van der Waals surface area contributed by atoms with Gasteiger partial charge in [-0.15, -0.1) is 11.8 Å². The lowest BCUT2D eigenvalue weighted by atomic mass is 10.1. The molecule has 0 aliphatic carbocycles. The molecule has 0 unspecified atom stereocenters. The van der Waals surface area contributed by atoms with Crippen molar-refractivity contribution in [2.45, 2.75) is 11.9 Å². The van der Waals surface area contributed by atoms with E-state index >= 15 is 0 Å². The van der Waals surface area contributed by atoms with Crippen LogP contribution in [0.3, 0.4) is 0 Å². The second-order valence-corrected chi connectivity index (χ2v) is 6.11. The first kappa shape index (κ1) is 15.3. The van der Waals surface area contributed by atoms with Gasteiger partial charge in [-0.05, 0) is 36.1 Å². The maximum Gasteiger partial charge on any atom is 0.257 e. The topological polar surface area (TPSA) is 70.7 Å². The summed E-state index contributed by atoms with van der Waals surface area (Å²) in [5, 5.41) is 10.7. The molecule has 3 rings (SSSR count). The second-order valence-electron chi connectivity index (χ2n) is 4.82. The van der Waals surface area contributed by atoms with Gasteiger partial charge in [-0.2, -0.15) is 5.10 Å². The molecular formula is C17H16N4OS. The van der Waals surface area contributed by atoms with E-state index in [1.807, 2.05) is 36.4 Å². The predicted octanol–water partition coefficient (Wildman–Crippen LogP) is 3.84. The number of carbonyl (C=O) groups excluding carboxylic acids is 1. The Labute approximate surface area is 138 Å². The van der Waals surface area contributed by atoms with Gasteiger partial charge in [0.05, 0.1) is 16.3 Å². The standard InChI is InChI=1S/C17H16N4OS/c1-2-23-16-7-6-13(11-18-16)17(22)20-14-5-3-4-12(10-14)15-8-9-19-21-15/h3-11H,2H2,1H3,(H,19,21)(H,20,22). The molecule has 3 aromatic rings. The van der Waals surface area contributed by atoms with E-state index in [1.165, 1.54) is 0 Å². The number of anilines is 1. The summed E-state index contributed by atoms with van der Waals surface area (Å²) < 4.78 is 0. The third kappa shape index (κ3) is 3.78. The molecule has 0 atom stereocenters. The number of nitrogens with one attached hydrogen (secondary N) is 2. The van der Waals surface area contributed by atoms with Crippen LogP contribution in [0.2, 0.25) is 0 Å². The van der Waals surface area contributed by atoms with Crippen LogP contribution >= 0.6 is 11.8 Å². The summed E-state index contributed by atoms with van der Waals surface area (Å²) in [7, 11) is 0. The Balaban J connectivity index is 1.73. The quantitative estimate of drug-likeness (QED) is 0.700. The van der Waals surface area contributed by atoms with Crippen LogP contribution in [0.15, 0.2) is 59.9 Å². The molecule has 0 bridgehead atoms. The van der Waals surface area contributed by atoms with Gasteiger partial charge in [-0.3, -0.25) is 9.89 Å². The summed E-state index contributed by atoms with van der Waals surface area (Å²) in [6, 6.07) is 13.2. The van der Waals surface area contributed by atoms with Crippen LogP contribution in [0.4, 0.5) is 5.69 Å². The van der Waals surface area contributed by atoms with Crippen molar-refractivity contribution in [3.05, 3.63) is 60.4 Å². The van der Waals surface area contributed by atoms with Gasteiger partial charge in [0, 0.05) is 23.6 Å². The third-order valence-corrected chi connectivity index (χ3v) is 4.05. The lowest BCUT2D eigenvalue weighted by Gasteiger charge is -2.07. The molecule has 0 aliphatic rings. The van der Waals surface area contributed by atoms with Gasteiger partial charge in [0.2, 0.25) is 0 Å². The molecule has 6 heteroatoms. The zero-order valence-electron chi connectivity index (χ0n) is 12.6. The second kappa shape index (κ2) is 7.11. The van der Waals surface area contributed by atoms with Crippen LogP contribution in [0.1, 0.15) is 17.3 Å². The van der Waals surface area contributed by atoms with E-state index in [0.29, 0.717) is 5.56 Å². The highest BCUT2D eigenvalue weighted by Crippen LogP contribution is 2.21. The van der Waals surface area contributed by atoms with Crippen LogP contribution in [0.5, 0.6) is 0 Å². The first-order chi connectivity index (χ1) is 11.3. The highest BCUT2D eigenvalue weighted by molar-refractivity contribution is 7.99. The summed E-state index contributed by atoms with van der Waals surface area (Å²) in [6.07, 6.45) is 3.30. The summed E-state index contributed by atoms with van der Waals surface area (Å²) in [4.78, 5) is 16.6. The molecule has 0 saturated heterocycles. The number of hydrogen-bond acceptors (Lipinski definition) is 4. The molecule has 0 saturated carbocycles. The highest BCUT2D eigenvalue weighted by Gasteiger charge is 2.08. The van der Waals surface area contributed by atoms with Crippen molar-refractivity contribution in [3.63, 3.8) is 0 Å².